The highest BCUT2D eigenvalue weighted by Gasteiger charge is 2.23. The van der Waals surface area contributed by atoms with E-state index < -0.39 is 6.10 Å². The van der Waals surface area contributed by atoms with E-state index >= 15 is 0 Å². The summed E-state index contributed by atoms with van der Waals surface area (Å²) < 4.78 is 1.76. The van der Waals surface area contributed by atoms with Crippen LogP contribution in [0.1, 0.15) is 11.3 Å². The number of anilines is 1. The van der Waals surface area contributed by atoms with Crippen LogP contribution in [0.4, 0.5) is 5.82 Å². The first kappa shape index (κ1) is 14.9. The van der Waals surface area contributed by atoms with E-state index in [1.165, 1.54) is 5.56 Å². The first-order chi connectivity index (χ1) is 10.6. The molecule has 0 saturated heterocycles. The molecular formula is C15H22N6O. The minimum absolute atomic E-state index is 0.436. The topological polar surface area (TPSA) is 70.3 Å². The van der Waals surface area contributed by atoms with Gasteiger partial charge in [0.15, 0.2) is 0 Å². The summed E-state index contributed by atoms with van der Waals surface area (Å²) in [6.07, 6.45) is 5.69. The second kappa shape index (κ2) is 6.41. The second-order valence-corrected chi connectivity index (χ2v) is 5.88. The summed E-state index contributed by atoms with van der Waals surface area (Å²) >= 11 is 0. The zero-order chi connectivity index (χ0) is 15.5. The zero-order valence-corrected chi connectivity index (χ0v) is 13.1. The molecule has 3 heterocycles. The van der Waals surface area contributed by atoms with Crippen LogP contribution in [0.5, 0.6) is 0 Å². The molecule has 22 heavy (non-hydrogen) atoms. The van der Waals surface area contributed by atoms with Gasteiger partial charge in [-0.25, -0.2) is 9.97 Å². The quantitative estimate of drug-likeness (QED) is 0.848. The van der Waals surface area contributed by atoms with Gasteiger partial charge in [0.05, 0.1) is 18.3 Å². The first-order valence-corrected chi connectivity index (χ1v) is 7.51. The average molecular weight is 302 g/mol. The van der Waals surface area contributed by atoms with Crippen LogP contribution in [0.15, 0.2) is 24.8 Å². The molecule has 3 rings (SSSR count). The van der Waals surface area contributed by atoms with Crippen LogP contribution >= 0.6 is 0 Å². The molecule has 7 nitrogen and oxygen atoms in total. The lowest BCUT2D eigenvalue weighted by molar-refractivity contribution is 0.0885. The number of rotatable bonds is 5. The third kappa shape index (κ3) is 3.26. The van der Waals surface area contributed by atoms with E-state index in [1.807, 2.05) is 31.3 Å². The summed E-state index contributed by atoms with van der Waals surface area (Å²) in [7, 11) is 3.99. The highest BCUT2D eigenvalue weighted by Crippen LogP contribution is 2.24. The molecule has 7 heteroatoms. The van der Waals surface area contributed by atoms with Gasteiger partial charge in [-0.2, -0.15) is 5.10 Å². The Bertz CT molecular complexity index is 613. The molecule has 1 atom stereocenters. The Labute approximate surface area is 130 Å². The minimum Gasteiger partial charge on any atom is -0.390 e. The summed E-state index contributed by atoms with van der Waals surface area (Å²) in [5, 5.41) is 14.4. The summed E-state index contributed by atoms with van der Waals surface area (Å²) in [4.78, 5) is 13.0. The Balaban J connectivity index is 1.66. The van der Waals surface area contributed by atoms with Gasteiger partial charge >= 0.3 is 0 Å². The van der Waals surface area contributed by atoms with Gasteiger partial charge in [0.25, 0.3) is 0 Å². The van der Waals surface area contributed by atoms with E-state index in [2.05, 4.69) is 20.0 Å². The number of aliphatic hydroxyl groups excluding tert-OH is 1. The van der Waals surface area contributed by atoms with Crippen molar-refractivity contribution in [1.82, 2.24) is 24.6 Å². The standard InChI is InChI=1S/C15H22N6O/c1-19(2)15-13-10-20(7-4-14(13)16-11-17-15)8-12(22)9-21-6-3-5-18-21/h3,5-6,11-12,22H,4,7-10H2,1-2H3. The molecule has 1 aliphatic rings. The van der Waals surface area contributed by atoms with Crippen LogP contribution in [-0.2, 0) is 19.5 Å². The average Bonchev–Trinajstić information content (AvgIpc) is 2.99. The molecule has 118 valence electrons. The van der Waals surface area contributed by atoms with Crippen molar-refractivity contribution in [1.29, 1.82) is 0 Å². The minimum atomic E-state index is -0.436. The van der Waals surface area contributed by atoms with Gasteiger partial charge in [-0.15, -0.1) is 0 Å². The second-order valence-electron chi connectivity index (χ2n) is 5.88. The van der Waals surface area contributed by atoms with Crippen molar-refractivity contribution in [3.8, 4) is 0 Å². The van der Waals surface area contributed by atoms with Gasteiger partial charge < -0.3 is 10.0 Å². The molecule has 0 aliphatic carbocycles. The van der Waals surface area contributed by atoms with Gasteiger partial charge in [-0.3, -0.25) is 9.58 Å². The Morgan fingerprint density at radius 3 is 2.91 bits per heavy atom. The van der Waals surface area contributed by atoms with E-state index in [1.54, 1.807) is 17.2 Å². The molecule has 2 aromatic rings. The molecule has 0 amide bonds. The van der Waals surface area contributed by atoms with E-state index in [0.29, 0.717) is 13.1 Å². The van der Waals surface area contributed by atoms with Crippen LogP contribution in [-0.4, -0.2) is 63.0 Å². The maximum atomic E-state index is 10.3. The lowest BCUT2D eigenvalue weighted by Gasteiger charge is -2.31. The summed E-state index contributed by atoms with van der Waals surface area (Å²) in [5.41, 5.74) is 2.29. The van der Waals surface area contributed by atoms with E-state index in [9.17, 15) is 5.11 Å². The smallest absolute Gasteiger partial charge is 0.136 e. The molecule has 0 bridgehead atoms. The van der Waals surface area contributed by atoms with Crippen molar-refractivity contribution < 1.29 is 5.11 Å². The van der Waals surface area contributed by atoms with Gasteiger partial charge in [-0.1, -0.05) is 0 Å². The third-order valence-corrected chi connectivity index (χ3v) is 3.91. The SMILES string of the molecule is CN(C)c1ncnc2c1CN(CC(O)Cn1cccn1)CC2. The van der Waals surface area contributed by atoms with Gasteiger partial charge in [0, 0.05) is 58.1 Å². The zero-order valence-electron chi connectivity index (χ0n) is 13.1. The maximum absolute atomic E-state index is 10.3. The fourth-order valence-corrected chi connectivity index (χ4v) is 2.90. The third-order valence-electron chi connectivity index (χ3n) is 3.91. The Morgan fingerprint density at radius 1 is 1.32 bits per heavy atom. The van der Waals surface area contributed by atoms with Crippen LogP contribution < -0.4 is 4.90 Å². The number of nitrogens with zero attached hydrogens (tertiary/aromatic N) is 6. The fraction of sp³-hybridized carbons (Fsp3) is 0.533. The Kier molecular flexibility index (Phi) is 4.35. The molecule has 0 fully saturated rings. The number of aromatic nitrogens is 4. The van der Waals surface area contributed by atoms with Crippen molar-refractivity contribution in [3.05, 3.63) is 36.0 Å². The van der Waals surface area contributed by atoms with Crippen LogP contribution in [0.25, 0.3) is 0 Å². The molecule has 1 N–H and O–H groups in total. The molecule has 0 aromatic carbocycles. The molecular weight excluding hydrogens is 280 g/mol. The number of fused-ring (bicyclic) bond motifs is 1. The van der Waals surface area contributed by atoms with Crippen molar-refractivity contribution in [3.63, 3.8) is 0 Å². The summed E-state index contributed by atoms with van der Waals surface area (Å²) in [5.74, 6) is 0.969. The van der Waals surface area contributed by atoms with Crippen molar-refractivity contribution in [2.45, 2.75) is 25.6 Å². The van der Waals surface area contributed by atoms with E-state index in [-0.39, 0.29) is 0 Å². The largest absolute Gasteiger partial charge is 0.390 e. The molecule has 2 aromatic heterocycles. The van der Waals surface area contributed by atoms with Crippen molar-refractivity contribution >= 4 is 5.82 Å². The molecule has 1 aliphatic heterocycles. The van der Waals surface area contributed by atoms with Crippen LogP contribution in [0.3, 0.4) is 0 Å². The Hall–Kier alpha value is -1.99. The highest BCUT2D eigenvalue weighted by atomic mass is 16.3. The number of β-amino-alcohol motifs (C(OH)–C–C–N with tert-alkyl or cyclic N) is 1. The van der Waals surface area contributed by atoms with Gasteiger partial charge in [0.2, 0.25) is 0 Å². The van der Waals surface area contributed by atoms with E-state index in [0.717, 1.165) is 31.0 Å². The lowest BCUT2D eigenvalue weighted by atomic mass is 10.1. The van der Waals surface area contributed by atoms with Gasteiger partial charge in [0.1, 0.15) is 12.1 Å². The molecule has 0 spiro atoms. The number of hydrogen-bond donors (Lipinski definition) is 1. The highest BCUT2D eigenvalue weighted by molar-refractivity contribution is 5.48. The first-order valence-electron chi connectivity index (χ1n) is 7.51. The van der Waals surface area contributed by atoms with Crippen molar-refractivity contribution in [2.75, 3.05) is 32.1 Å². The molecule has 0 saturated carbocycles. The summed E-state index contributed by atoms with van der Waals surface area (Å²) in [6, 6.07) is 1.87. The van der Waals surface area contributed by atoms with Crippen LogP contribution in [0.2, 0.25) is 0 Å². The monoisotopic (exact) mass is 302 g/mol. The number of aliphatic hydroxyl groups is 1. The van der Waals surface area contributed by atoms with Crippen molar-refractivity contribution in [2.24, 2.45) is 0 Å². The predicted molar refractivity (Wildman–Crippen MR) is 83.6 cm³/mol. The van der Waals surface area contributed by atoms with Gasteiger partial charge in [-0.05, 0) is 6.07 Å². The lowest BCUT2D eigenvalue weighted by Crippen LogP contribution is -2.39. The predicted octanol–water partition coefficient (Wildman–Crippen LogP) is 0.158. The molecule has 1 unspecified atom stereocenters. The number of hydrogen-bond acceptors (Lipinski definition) is 6. The Morgan fingerprint density at radius 2 is 2.18 bits per heavy atom. The fourth-order valence-electron chi connectivity index (χ4n) is 2.90. The summed E-state index contributed by atoms with van der Waals surface area (Å²) in [6.45, 7) is 2.83. The normalized spacial score (nSPS) is 16.3. The van der Waals surface area contributed by atoms with E-state index in [4.69, 9.17) is 0 Å². The molecule has 0 radical (unpaired) electrons. The van der Waals surface area contributed by atoms with Crippen LogP contribution in [0, 0.1) is 0 Å². The maximum Gasteiger partial charge on any atom is 0.136 e.